The van der Waals surface area contributed by atoms with E-state index < -0.39 is 0 Å². The molecule has 0 aliphatic heterocycles. The number of aryl methyl sites for hydroxylation is 1. The van der Waals surface area contributed by atoms with Crippen molar-refractivity contribution in [2.75, 3.05) is 0 Å². The molecule has 0 fully saturated rings. The number of aromatic amines is 2. The van der Waals surface area contributed by atoms with Crippen LogP contribution in [0.15, 0.2) is 66.7 Å². The molecule has 0 radical (unpaired) electrons. The summed E-state index contributed by atoms with van der Waals surface area (Å²) in [5, 5.41) is 11.4. The molecule has 0 spiro atoms. The third-order valence-corrected chi connectivity index (χ3v) is 5.14. The highest BCUT2D eigenvalue weighted by Gasteiger charge is 2.14. The highest BCUT2D eigenvalue weighted by atomic mass is 16.1. The number of nitrogens with one attached hydrogen (secondary N) is 3. The Hall–Kier alpha value is -3.93. The smallest absolute Gasteiger partial charge is 0.251 e. The maximum Gasteiger partial charge on any atom is 0.251 e. The molecular weight excluding hydrogens is 362 g/mol. The summed E-state index contributed by atoms with van der Waals surface area (Å²) in [6.07, 6.45) is 0. The number of H-pyrrole nitrogens is 2. The Morgan fingerprint density at radius 1 is 1.00 bits per heavy atom. The SMILES string of the molecule is Cc1ccccc1CNC(=O)c1ccc2[nH]c(-c3n[nH]c4ccccc34)nc2c1. The first kappa shape index (κ1) is 17.2. The number of nitrogens with zero attached hydrogens (tertiary/aromatic N) is 2. The van der Waals surface area contributed by atoms with Crippen LogP contribution < -0.4 is 5.32 Å². The number of hydrogen-bond acceptors (Lipinski definition) is 3. The lowest BCUT2D eigenvalue weighted by Gasteiger charge is -2.07. The summed E-state index contributed by atoms with van der Waals surface area (Å²) in [5.74, 6) is 0.555. The molecule has 0 atom stereocenters. The first-order valence-electron chi connectivity index (χ1n) is 9.45. The van der Waals surface area contributed by atoms with Gasteiger partial charge in [0.2, 0.25) is 0 Å². The second-order valence-corrected chi connectivity index (χ2v) is 7.04. The lowest BCUT2D eigenvalue weighted by atomic mass is 10.1. The standard InChI is InChI=1S/C23H19N5O/c1-14-6-2-3-7-16(14)13-24-23(29)15-10-11-19-20(12-15)26-22(25-19)21-17-8-4-5-9-18(17)27-28-21/h2-12H,13H2,1H3,(H,24,29)(H,25,26)(H,27,28). The van der Waals surface area contributed by atoms with Crippen molar-refractivity contribution in [3.8, 4) is 11.5 Å². The lowest BCUT2D eigenvalue weighted by molar-refractivity contribution is 0.0951. The van der Waals surface area contributed by atoms with E-state index in [2.05, 4.69) is 25.5 Å². The Bertz CT molecular complexity index is 1350. The number of carbonyl (C=O) groups is 1. The van der Waals surface area contributed by atoms with Gasteiger partial charge < -0.3 is 10.3 Å². The van der Waals surface area contributed by atoms with E-state index in [9.17, 15) is 4.79 Å². The van der Waals surface area contributed by atoms with E-state index >= 15 is 0 Å². The molecule has 29 heavy (non-hydrogen) atoms. The molecule has 5 aromatic rings. The molecule has 2 aromatic heterocycles. The number of benzene rings is 3. The van der Waals surface area contributed by atoms with Crippen LogP contribution in [0, 0.1) is 6.92 Å². The topological polar surface area (TPSA) is 86.5 Å². The normalized spacial score (nSPS) is 11.2. The Morgan fingerprint density at radius 3 is 2.72 bits per heavy atom. The first-order chi connectivity index (χ1) is 14.2. The maximum absolute atomic E-state index is 12.6. The first-order valence-corrected chi connectivity index (χ1v) is 9.45. The zero-order chi connectivity index (χ0) is 19.8. The summed E-state index contributed by atoms with van der Waals surface area (Å²) in [6, 6.07) is 21.4. The zero-order valence-corrected chi connectivity index (χ0v) is 15.9. The maximum atomic E-state index is 12.6. The average molecular weight is 381 g/mol. The number of carbonyl (C=O) groups excluding carboxylic acids is 1. The van der Waals surface area contributed by atoms with Crippen LogP contribution in [0.4, 0.5) is 0 Å². The summed E-state index contributed by atoms with van der Waals surface area (Å²) in [4.78, 5) is 20.6. The van der Waals surface area contributed by atoms with E-state index in [0.717, 1.165) is 38.8 Å². The number of hydrogen-bond donors (Lipinski definition) is 3. The molecule has 5 rings (SSSR count). The van der Waals surface area contributed by atoms with E-state index in [0.29, 0.717) is 17.9 Å². The van der Waals surface area contributed by atoms with E-state index in [-0.39, 0.29) is 5.91 Å². The number of para-hydroxylation sites is 1. The molecule has 1 amide bonds. The van der Waals surface area contributed by atoms with Gasteiger partial charge >= 0.3 is 0 Å². The van der Waals surface area contributed by atoms with Gasteiger partial charge in [0.1, 0.15) is 5.69 Å². The Morgan fingerprint density at radius 2 is 1.83 bits per heavy atom. The summed E-state index contributed by atoms with van der Waals surface area (Å²) >= 11 is 0. The molecule has 142 valence electrons. The largest absolute Gasteiger partial charge is 0.348 e. The van der Waals surface area contributed by atoms with Gasteiger partial charge in [-0.05, 0) is 42.3 Å². The van der Waals surface area contributed by atoms with Crippen molar-refractivity contribution < 1.29 is 4.79 Å². The van der Waals surface area contributed by atoms with Gasteiger partial charge in [-0.15, -0.1) is 0 Å². The van der Waals surface area contributed by atoms with E-state index in [1.54, 1.807) is 12.1 Å². The summed E-state index contributed by atoms with van der Waals surface area (Å²) in [6.45, 7) is 2.53. The minimum Gasteiger partial charge on any atom is -0.348 e. The van der Waals surface area contributed by atoms with Crippen molar-refractivity contribution in [2.45, 2.75) is 13.5 Å². The number of amides is 1. The molecule has 0 saturated heterocycles. The van der Waals surface area contributed by atoms with Gasteiger partial charge in [0.05, 0.1) is 16.6 Å². The van der Waals surface area contributed by atoms with Crippen LogP contribution in [0.2, 0.25) is 0 Å². The molecule has 2 heterocycles. The highest BCUT2D eigenvalue weighted by molar-refractivity contribution is 5.98. The molecule has 6 heteroatoms. The fourth-order valence-corrected chi connectivity index (χ4v) is 3.49. The Labute approximate surface area is 167 Å². The van der Waals surface area contributed by atoms with Crippen LogP contribution >= 0.6 is 0 Å². The molecule has 6 nitrogen and oxygen atoms in total. The number of fused-ring (bicyclic) bond motifs is 2. The number of aromatic nitrogens is 4. The molecule has 0 aliphatic carbocycles. The van der Waals surface area contributed by atoms with Crippen LogP contribution in [0.25, 0.3) is 33.5 Å². The predicted octanol–water partition coefficient (Wildman–Crippen LogP) is 4.34. The third-order valence-electron chi connectivity index (χ3n) is 5.14. The van der Waals surface area contributed by atoms with Crippen molar-refractivity contribution in [2.24, 2.45) is 0 Å². The lowest BCUT2D eigenvalue weighted by Crippen LogP contribution is -2.23. The van der Waals surface area contributed by atoms with Gasteiger partial charge in [-0.3, -0.25) is 9.89 Å². The van der Waals surface area contributed by atoms with Crippen molar-refractivity contribution in [3.05, 3.63) is 83.4 Å². The van der Waals surface area contributed by atoms with Gasteiger partial charge in [0.25, 0.3) is 5.91 Å². The third kappa shape index (κ3) is 3.14. The fraction of sp³-hybridized carbons (Fsp3) is 0.0870. The van der Waals surface area contributed by atoms with Crippen molar-refractivity contribution in [1.29, 1.82) is 0 Å². The van der Waals surface area contributed by atoms with Gasteiger partial charge in [0, 0.05) is 17.5 Å². The number of imidazole rings is 1. The summed E-state index contributed by atoms with van der Waals surface area (Å²) < 4.78 is 0. The number of rotatable bonds is 4. The van der Waals surface area contributed by atoms with Gasteiger partial charge in [-0.2, -0.15) is 5.10 Å². The molecule has 0 unspecified atom stereocenters. The van der Waals surface area contributed by atoms with Crippen molar-refractivity contribution in [1.82, 2.24) is 25.5 Å². The quantitative estimate of drug-likeness (QED) is 0.433. The summed E-state index contributed by atoms with van der Waals surface area (Å²) in [5.41, 5.74) is 6.16. The molecule has 3 N–H and O–H groups in total. The van der Waals surface area contributed by atoms with Crippen molar-refractivity contribution >= 4 is 27.8 Å². The molecule has 0 bridgehead atoms. The molecule has 0 aliphatic rings. The second-order valence-electron chi connectivity index (χ2n) is 7.04. The molecular formula is C23H19N5O. The highest BCUT2D eigenvalue weighted by Crippen LogP contribution is 2.26. The van der Waals surface area contributed by atoms with Crippen LogP contribution in [-0.2, 0) is 6.54 Å². The van der Waals surface area contributed by atoms with Gasteiger partial charge in [0.15, 0.2) is 5.82 Å². The second kappa shape index (κ2) is 6.91. The molecule has 0 saturated carbocycles. The van der Waals surface area contributed by atoms with E-state index in [1.807, 2.05) is 61.5 Å². The predicted molar refractivity (Wildman–Crippen MR) is 114 cm³/mol. The summed E-state index contributed by atoms with van der Waals surface area (Å²) in [7, 11) is 0. The van der Waals surface area contributed by atoms with E-state index in [4.69, 9.17) is 0 Å². The van der Waals surface area contributed by atoms with Gasteiger partial charge in [-0.25, -0.2) is 4.98 Å². The monoisotopic (exact) mass is 381 g/mol. The van der Waals surface area contributed by atoms with Crippen LogP contribution in [-0.4, -0.2) is 26.1 Å². The van der Waals surface area contributed by atoms with Crippen molar-refractivity contribution in [3.63, 3.8) is 0 Å². The van der Waals surface area contributed by atoms with Crippen LogP contribution in [0.1, 0.15) is 21.5 Å². The minimum absolute atomic E-state index is 0.120. The fourth-order valence-electron chi connectivity index (χ4n) is 3.49. The van der Waals surface area contributed by atoms with E-state index in [1.165, 1.54) is 0 Å². The minimum atomic E-state index is -0.120. The molecule has 3 aromatic carbocycles. The Kier molecular flexibility index (Phi) is 4.09. The van der Waals surface area contributed by atoms with Gasteiger partial charge in [-0.1, -0.05) is 42.5 Å². The Balaban J connectivity index is 1.42. The van der Waals surface area contributed by atoms with Crippen LogP contribution in [0.3, 0.4) is 0 Å². The van der Waals surface area contributed by atoms with Crippen LogP contribution in [0.5, 0.6) is 0 Å². The zero-order valence-electron chi connectivity index (χ0n) is 15.9. The average Bonchev–Trinajstić information content (AvgIpc) is 3.36.